The van der Waals surface area contributed by atoms with Gasteiger partial charge in [0, 0.05) is 25.0 Å². The second kappa shape index (κ2) is 9.19. The number of benzene rings is 2. The lowest BCUT2D eigenvalue weighted by molar-refractivity contribution is 0.0737. The number of rotatable bonds is 8. The monoisotopic (exact) mass is 459 g/mol. The molecule has 2 aromatic heterocycles. The molecule has 7 heteroatoms. The Balaban J connectivity index is 1.31. The van der Waals surface area contributed by atoms with Crippen molar-refractivity contribution in [2.24, 2.45) is 5.92 Å². The van der Waals surface area contributed by atoms with Gasteiger partial charge in [0.15, 0.2) is 0 Å². The minimum Gasteiger partial charge on any atom is -0.464 e. The molecule has 2 amide bonds. The quantitative estimate of drug-likeness (QED) is 0.396. The Labute approximate surface area is 196 Å². The fourth-order valence-corrected chi connectivity index (χ4v) is 4.90. The van der Waals surface area contributed by atoms with Crippen LogP contribution in [0.5, 0.6) is 0 Å². The normalized spacial score (nSPS) is 13.2. The summed E-state index contributed by atoms with van der Waals surface area (Å²) in [5.74, 6) is 0.288. The van der Waals surface area contributed by atoms with Crippen molar-refractivity contribution in [3.8, 4) is 10.4 Å². The summed E-state index contributed by atoms with van der Waals surface area (Å²) in [5, 5.41) is 4.62. The summed E-state index contributed by atoms with van der Waals surface area (Å²) >= 11 is 1.54. The van der Waals surface area contributed by atoms with Gasteiger partial charge >= 0.3 is 0 Å². The minimum atomic E-state index is -0.171. The third kappa shape index (κ3) is 4.68. The van der Waals surface area contributed by atoms with Crippen LogP contribution in [-0.4, -0.2) is 41.3 Å². The summed E-state index contributed by atoms with van der Waals surface area (Å²) in [4.78, 5) is 33.7. The van der Waals surface area contributed by atoms with Gasteiger partial charge in [0.05, 0.1) is 21.7 Å². The van der Waals surface area contributed by atoms with Gasteiger partial charge in [0.25, 0.3) is 11.8 Å². The van der Waals surface area contributed by atoms with Crippen LogP contribution in [0.1, 0.15) is 38.7 Å². The maximum absolute atomic E-state index is 13.5. The summed E-state index contributed by atoms with van der Waals surface area (Å²) in [6.45, 7) is 3.43. The van der Waals surface area contributed by atoms with Gasteiger partial charge in [0.2, 0.25) is 0 Å². The zero-order valence-corrected chi connectivity index (χ0v) is 19.2. The van der Waals surface area contributed by atoms with Crippen molar-refractivity contribution >= 4 is 34.1 Å². The van der Waals surface area contributed by atoms with Crippen LogP contribution < -0.4 is 5.32 Å². The average Bonchev–Trinajstić information content (AvgIpc) is 3.36. The van der Waals surface area contributed by atoms with E-state index in [-0.39, 0.29) is 11.8 Å². The largest absolute Gasteiger partial charge is 0.464 e. The van der Waals surface area contributed by atoms with E-state index in [2.05, 4.69) is 10.3 Å². The van der Waals surface area contributed by atoms with Gasteiger partial charge < -0.3 is 14.6 Å². The number of aromatic nitrogens is 1. The molecule has 33 heavy (non-hydrogen) atoms. The number of nitrogens with one attached hydrogen (secondary N) is 1. The first-order valence-corrected chi connectivity index (χ1v) is 12.0. The molecule has 0 atom stereocenters. The third-order valence-electron chi connectivity index (χ3n) is 5.84. The third-order valence-corrected chi connectivity index (χ3v) is 6.86. The predicted octanol–water partition coefficient (Wildman–Crippen LogP) is 5.15. The lowest BCUT2D eigenvalue weighted by Crippen LogP contribution is -2.40. The number of aryl methyl sites for hydroxylation is 1. The SMILES string of the molecule is Cc1nc(C(=O)N(CCNC(=O)c2cccc3occc23)CC2CC2)c(-c2ccccc2)s1. The summed E-state index contributed by atoms with van der Waals surface area (Å²) in [5.41, 5.74) is 2.75. The van der Waals surface area contributed by atoms with E-state index in [1.54, 1.807) is 24.5 Å². The Kier molecular flexibility index (Phi) is 5.96. The lowest BCUT2D eigenvalue weighted by Gasteiger charge is -2.22. The molecular formula is C26H25N3O3S. The summed E-state index contributed by atoms with van der Waals surface area (Å²) in [6, 6.07) is 17.1. The first-order valence-electron chi connectivity index (χ1n) is 11.2. The summed E-state index contributed by atoms with van der Waals surface area (Å²) in [7, 11) is 0. The molecule has 0 aliphatic heterocycles. The maximum Gasteiger partial charge on any atom is 0.274 e. The van der Waals surface area contributed by atoms with Crippen LogP contribution in [0.3, 0.4) is 0 Å². The fourth-order valence-electron chi connectivity index (χ4n) is 3.99. The van der Waals surface area contributed by atoms with Crippen LogP contribution >= 0.6 is 11.3 Å². The van der Waals surface area contributed by atoms with E-state index in [9.17, 15) is 9.59 Å². The van der Waals surface area contributed by atoms with Crippen molar-refractivity contribution in [1.29, 1.82) is 0 Å². The maximum atomic E-state index is 13.5. The molecule has 1 aliphatic carbocycles. The zero-order valence-electron chi connectivity index (χ0n) is 18.4. The molecular weight excluding hydrogens is 434 g/mol. The molecule has 4 aromatic rings. The van der Waals surface area contributed by atoms with E-state index in [4.69, 9.17) is 4.42 Å². The number of carbonyl (C=O) groups is 2. The van der Waals surface area contributed by atoms with Gasteiger partial charge in [-0.05, 0) is 49.4 Å². The Morgan fingerprint density at radius 1 is 1.12 bits per heavy atom. The highest BCUT2D eigenvalue weighted by Crippen LogP contribution is 2.33. The van der Waals surface area contributed by atoms with Crippen molar-refractivity contribution in [3.63, 3.8) is 0 Å². The van der Waals surface area contributed by atoms with E-state index >= 15 is 0 Å². The molecule has 1 saturated carbocycles. The number of furan rings is 1. The molecule has 2 aromatic carbocycles. The molecule has 1 N–H and O–H groups in total. The highest BCUT2D eigenvalue weighted by atomic mass is 32.1. The minimum absolute atomic E-state index is 0.0729. The van der Waals surface area contributed by atoms with Gasteiger partial charge in [-0.25, -0.2) is 4.98 Å². The number of hydrogen-bond donors (Lipinski definition) is 1. The Morgan fingerprint density at radius 2 is 1.94 bits per heavy atom. The topological polar surface area (TPSA) is 75.4 Å². The molecule has 2 heterocycles. The number of carbonyl (C=O) groups excluding carboxylic acids is 2. The number of nitrogens with zero attached hydrogens (tertiary/aromatic N) is 2. The van der Waals surface area contributed by atoms with Crippen molar-refractivity contribution < 1.29 is 14.0 Å². The summed E-state index contributed by atoms with van der Waals surface area (Å²) in [6.07, 6.45) is 3.86. The average molecular weight is 460 g/mol. The number of fused-ring (bicyclic) bond motifs is 1. The van der Waals surface area contributed by atoms with Gasteiger partial charge in [0.1, 0.15) is 11.3 Å². The van der Waals surface area contributed by atoms with Crippen LogP contribution in [0, 0.1) is 12.8 Å². The molecule has 0 radical (unpaired) electrons. The highest BCUT2D eigenvalue weighted by Gasteiger charge is 2.30. The van der Waals surface area contributed by atoms with E-state index in [0.29, 0.717) is 42.4 Å². The smallest absolute Gasteiger partial charge is 0.274 e. The highest BCUT2D eigenvalue weighted by molar-refractivity contribution is 7.15. The first-order chi connectivity index (χ1) is 16.1. The lowest BCUT2D eigenvalue weighted by atomic mass is 10.1. The first kappa shape index (κ1) is 21.4. The Morgan fingerprint density at radius 3 is 2.73 bits per heavy atom. The molecule has 6 nitrogen and oxygen atoms in total. The Hall–Kier alpha value is -3.45. The molecule has 0 bridgehead atoms. The van der Waals surface area contributed by atoms with Crippen molar-refractivity contribution in [2.45, 2.75) is 19.8 Å². The number of thiazole rings is 1. The van der Waals surface area contributed by atoms with E-state index in [1.807, 2.05) is 48.2 Å². The fraction of sp³-hybridized carbons (Fsp3) is 0.269. The van der Waals surface area contributed by atoms with Crippen molar-refractivity contribution in [3.05, 3.63) is 77.1 Å². The number of amides is 2. The predicted molar refractivity (Wildman–Crippen MR) is 129 cm³/mol. The van der Waals surface area contributed by atoms with Crippen molar-refractivity contribution in [1.82, 2.24) is 15.2 Å². The Bertz CT molecular complexity index is 1290. The van der Waals surface area contributed by atoms with Gasteiger partial charge in [-0.2, -0.15) is 0 Å². The second-order valence-electron chi connectivity index (χ2n) is 8.37. The van der Waals surface area contributed by atoms with Gasteiger partial charge in [-0.3, -0.25) is 9.59 Å². The second-order valence-corrected chi connectivity index (χ2v) is 9.57. The molecule has 5 rings (SSSR count). The van der Waals surface area contributed by atoms with Crippen LogP contribution in [0.25, 0.3) is 21.4 Å². The molecule has 1 fully saturated rings. The van der Waals surface area contributed by atoms with Crippen LogP contribution in [0.2, 0.25) is 0 Å². The molecule has 168 valence electrons. The molecule has 0 spiro atoms. The van der Waals surface area contributed by atoms with Gasteiger partial charge in [-0.1, -0.05) is 36.4 Å². The van der Waals surface area contributed by atoms with Crippen LogP contribution in [0.15, 0.2) is 65.3 Å². The van der Waals surface area contributed by atoms with E-state index < -0.39 is 0 Å². The van der Waals surface area contributed by atoms with Crippen molar-refractivity contribution in [2.75, 3.05) is 19.6 Å². The van der Waals surface area contributed by atoms with Crippen LogP contribution in [-0.2, 0) is 0 Å². The molecule has 0 unspecified atom stereocenters. The zero-order chi connectivity index (χ0) is 22.8. The van der Waals surface area contributed by atoms with E-state index in [0.717, 1.165) is 33.7 Å². The van der Waals surface area contributed by atoms with Gasteiger partial charge in [-0.15, -0.1) is 11.3 Å². The molecule has 1 aliphatic rings. The van der Waals surface area contributed by atoms with Crippen LogP contribution in [0.4, 0.5) is 0 Å². The summed E-state index contributed by atoms with van der Waals surface area (Å²) < 4.78 is 5.39. The standard InChI is InChI=1S/C26H25N3O3S/c1-17-28-23(24(33-17)19-6-3-2-4-7-19)26(31)29(16-18-10-11-18)14-13-27-25(30)21-8-5-9-22-20(21)12-15-32-22/h2-9,12,15,18H,10-11,13-14,16H2,1H3,(H,27,30). The molecule has 0 saturated heterocycles. The van der Waals surface area contributed by atoms with E-state index in [1.165, 1.54) is 11.3 Å². The number of hydrogen-bond acceptors (Lipinski definition) is 5.